The highest BCUT2D eigenvalue weighted by Crippen LogP contribution is 2.41. The summed E-state index contributed by atoms with van der Waals surface area (Å²) >= 11 is 0. The molecule has 0 spiro atoms. The molecule has 1 fully saturated rings. The van der Waals surface area contributed by atoms with Gasteiger partial charge in [-0.2, -0.15) is 0 Å². The second-order valence-corrected chi connectivity index (χ2v) is 7.88. The Morgan fingerprint density at radius 2 is 1.73 bits per heavy atom. The summed E-state index contributed by atoms with van der Waals surface area (Å²) in [4.78, 5) is 27.6. The van der Waals surface area contributed by atoms with Crippen molar-refractivity contribution in [2.45, 2.75) is 25.9 Å². The second-order valence-electron chi connectivity index (χ2n) is 7.88. The topological polar surface area (TPSA) is 87.1 Å². The molecule has 1 unspecified atom stereocenters. The number of ether oxygens (including phenoxy) is 1. The number of hydrogen-bond acceptors (Lipinski definition) is 5. The van der Waals surface area contributed by atoms with Crippen molar-refractivity contribution in [2.24, 2.45) is 0 Å². The third-order valence-electron chi connectivity index (χ3n) is 5.50. The summed E-state index contributed by atoms with van der Waals surface area (Å²) in [5, 5.41) is 21.3. The Kier molecular flexibility index (Phi) is 6.45. The van der Waals surface area contributed by atoms with E-state index in [-0.39, 0.29) is 23.6 Å². The fourth-order valence-corrected chi connectivity index (χ4v) is 3.97. The van der Waals surface area contributed by atoms with Gasteiger partial charge in [0.25, 0.3) is 11.7 Å². The molecule has 0 radical (unpaired) electrons. The van der Waals surface area contributed by atoms with Gasteiger partial charge < -0.3 is 19.8 Å². The number of likely N-dealkylation sites (tertiary alicyclic amines) is 1. The number of phenols is 1. The van der Waals surface area contributed by atoms with Gasteiger partial charge in [-0.3, -0.25) is 9.59 Å². The molecule has 1 atom stereocenters. The number of carbonyl (C=O) groups excluding carboxylic acids is 2. The first-order valence-corrected chi connectivity index (χ1v) is 10.8. The van der Waals surface area contributed by atoms with E-state index >= 15 is 0 Å². The largest absolute Gasteiger partial charge is 0.508 e. The molecule has 1 saturated heterocycles. The molecule has 4 rings (SSSR count). The minimum absolute atomic E-state index is 0.00719. The molecule has 0 aromatic heterocycles. The van der Waals surface area contributed by atoms with Gasteiger partial charge in [0.1, 0.15) is 17.3 Å². The molecule has 6 nitrogen and oxygen atoms in total. The van der Waals surface area contributed by atoms with E-state index in [0.717, 1.165) is 12.0 Å². The zero-order valence-electron chi connectivity index (χ0n) is 18.3. The maximum Gasteiger partial charge on any atom is 0.295 e. The van der Waals surface area contributed by atoms with Gasteiger partial charge in [0.2, 0.25) is 0 Å². The maximum atomic E-state index is 13.1. The first kappa shape index (κ1) is 22.1. The average molecular weight is 443 g/mol. The molecule has 33 heavy (non-hydrogen) atoms. The van der Waals surface area contributed by atoms with Crippen LogP contribution in [-0.2, 0) is 16.1 Å². The number of rotatable bonds is 7. The van der Waals surface area contributed by atoms with Gasteiger partial charge in [-0.15, -0.1) is 0 Å². The normalized spacial score (nSPS) is 17.4. The van der Waals surface area contributed by atoms with Crippen LogP contribution in [-0.4, -0.2) is 33.4 Å². The third kappa shape index (κ3) is 4.60. The minimum Gasteiger partial charge on any atom is -0.508 e. The highest BCUT2D eigenvalue weighted by Gasteiger charge is 2.46. The first-order chi connectivity index (χ1) is 16.0. The van der Waals surface area contributed by atoms with Crippen LogP contribution < -0.4 is 4.74 Å². The van der Waals surface area contributed by atoms with E-state index in [1.807, 2.05) is 37.3 Å². The van der Waals surface area contributed by atoms with Gasteiger partial charge in [0, 0.05) is 12.1 Å². The summed E-state index contributed by atoms with van der Waals surface area (Å²) in [5.74, 6) is -1.18. The molecule has 1 aliphatic heterocycles. The number of phenolic OH excluding ortho intramolecular Hbond substituents is 1. The fraction of sp³-hybridized carbons (Fsp3) is 0.185. The zero-order valence-corrected chi connectivity index (χ0v) is 18.3. The quantitative estimate of drug-likeness (QED) is 0.311. The smallest absolute Gasteiger partial charge is 0.295 e. The number of amides is 1. The molecule has 1 amide bonds. The Morgan fingerprint density at radius 3 is 2.45 bits per heavy atom. The number of benzene rings is 3. The van der Waals surface area contributed by atoms with E-state index in [1.165, 1.54) is 17.0 Å². The summed E-state index contributed by atoms with van der Waals surface area (Å²) in [6.07, 6.45) is 0.832. The predicted molar refractivity (Wildman–Crippen MR) is 125 cm³/mol. The second kappa shape index (κ2) is 9.61. The van der Waals surface area contributed by atoms with Gasteiger partial charge in [-0.05, 0) is 41.8 Å². The van der Waals surface area contributed by atoms with E-state index in [9.17, 15) is 19.8 Å². The molecule has 168 valence electrons. The molecule has 6 heteroatoms. The average Bonchev–Trinajstić information content (AvgIpc) is 3.08. The summed E-state index contributed by atoms with van der Waals surface area (Å²) in [6, 6.07) is 21.7. The Hall–Kier alpha value is -4.06. The summed E-state index contributed by atoms with van der Waals surface area (Å²) in [5.41, 5.74) is 1.74. The van der Waals surface area contributed by atoms with E-state index in [1.54, 1.807) is 36.4 Å². The molecule has 3 aromatic rings. The van der Waals surface area contributed by atoms with Crippen LogP contribution in [0.15, 0.2) is 84.4 Å². The Bertz CT molecular complexity index is 1200. The van der Waals surface area contributed by atoms with Crippen molar-refractivity contribution in [1.29, 1.82) is 0 Å². The standard InChI is InChI=1S/C27H25NO5/c1-2-14-33-22-13-7-11-20(16-22)25(30)23-24(19-10-6-12-21(29)15-19)28(27(32)26(23)31)17-18-8-4-3-5-9-18/h3-13,15-16,24,29-30H,2,14,17H2,1H3. The van der Waals surface area contributed by atoms with Crippen LogP contribution in [0.5, 0.6) is 11.5 Å². The van der Waals surface area contributed by atoms with Gasteiger partial charge in [0.05, 0.1) is 18.2 Å². The van der Waals surface area contributed by atoms with E-state index in [2.05, 4.69) is 0 Å². The lowest BCUT2D eigenvalue weighted by Gasteiger charge is -2.25. The maximum absolute atomic E-state index is 13.1. The molecule has 2 N–H and O–H groups in total. The third-order valence-corrected chi connectivity index (χ3v) is 5.50. The predicted octanol–water partition coefficient (Wildman–Crippen LogP) is 4.80. The molecule has 1 heterocycles. The van der Waals surface area contributed by atoms with Gasteiger partial charge in [-0.25, -0.2) is 0 Å². The van der Waals surface area contributed by atoms with Crippen molar-refractivity contribution >= 4 is 17.4 Å². The highest BCUT2D eigenvalue weighted by atomic mass is 16.5. The van der Waals surface area contributed by atoms with Crippen LogP contribution >= 0.6 is 0 Å². The van der Waals surface area contributed by atoms with Crippen LogP contribution in [0.25, 0.3) is 5.76 Å². The molecule has 3 aromatic carbocycles. The lowest BCUT2D eigenvalue weighted by molar-refractivity contribution is -0.140. The Balaban J connectivity index is 1.83. The fourth-order valence-electron chi connectivity index (χ4n) is 3.97. The first-order valence-electron chi connectivity index (χ1n) is 10.8. The lowest BCUT2D eigenvalue weighted by atomic mass is 9.95. The molecule has 0 bridgehead atoms. The van der Waals surface area contributed by atoms with E-state index < -0.39 is 17.7 Å². The zero-order chi connectivity index (χ0) is 23.4. The number of aliphatic hydroxyl groups is 1. The molecule has 0 saturated carbocycles. The summed E-state index contributed by atoms with van der Waals surface area (Å²) in [6.45, 7) is 2.70. The Labute approximate surface area is 192 Å². The van der Waals surface area contributed by atoms with Crippen LogP contribution in [0.4, 0.5) is 0 Å². The number of nitrogens with zero attached hydrogens (tertiary/aromatic N) is 1. The van der Waals surface area contributed by atoms with Gasteiger partial charge in [-0.1, -0.05) is 61.5 Å². The number of ketones is 1. The van der Waals surface area contributed by atoms with Crippen molar-refractivity contribution in [3.63, 3.8) is 0 Å². The van der Waals surface area contributed by atoms with E-state index in [0.29, 0.717) is 23.5 Å². The van der Waals surface area contributed by atoms with Crippen molar-refractivity contribution in [3.8, 4) is 11.5 Å². The number of aliphatic hydroxyl groups excluding tert-OH is 1. The van der Waals surface area contributed by atoms with Gasteiger partial charge in [0.15, 0.2) is 0 Å². The SMILES string of the molecule is CCCOc1cccc(C(O)=C2C(=O)C(=O)N(Cc3ccccc3)C2c2cccc(O)c2)c1. The lowest BCUT2D eigenvalue weighted by Crippen LogP contribution is -2.29. The highest BCUT2D eigenvalue weighted by molar-refractivity contribution is 6.46. The number of carbonyl (C=O) groups is 2. The van der Waals surface area contributed by atoms with E-state index in [4.69, 9.17) is 4.74 Å². The Morgan fingerprint density at radius 1 is 0.970 bits per heavy atom. The summed E-state index contributed by atoms with van der Waals surface area (Å²) in [7, 11) is 0. The van der Waals surface area contributed by atoms with Gasteiger partial charge >= 0.3 is 0 Å². The molecular weight excluding hydrogens is 418 g/mol. The summed E-state index contributed by atoms with van der Waals surface area (Å²) < 4.78 is 5.65. The van der Waals surface area contributed by atoms with Crippen LogP contribution in [0.1, 0.15) is 36.1 Å². The van der Waals surface area contributed by atoms with Crippen molar-refractivity contribution in [1.82, 2.24) is 4.90 Å². The van der Waals surface area contributed by atoms with Crippen LogP contribution in [0, 0.1) is 0 Å². The molecular formula is C27H25NO5. The monoisotopic (exact) mass is 443 g/mol. The molecule has 1 aliphatic rings. The number of hydrogen-bond donors (Lipinski definition) is 2. The van der Waals surface area contributed by atoms with Crippen molar-refractivity contribution in [2.75, 3.05) is 6.61 Å². The number of Topliss-reactive ketones (excluding diaryl/α,β-unsaturated/α-hetero) is 1. The molecule has 0 aliphatic carbocycles. The van der Waals surface area contributed by atoms with Crippen LogP contribution in [0.2, 0.25) is 0 Å². The number of aromatic hydroxyl groups is 1. The van der Waals surface area contributed by atoms with Crippen LogP contribution in [0.3, 0.4) is 0 Å². The van der Waals surface area contributed by atoms with Crippen molar-refractivity contribution < 1.29 is 24.5 Å². The van der Waals surface area contributed by atoms with Crippen molar-refractivity contribution in [3.05, 3.63) is 101 Å². The minimum atomic E-state index is -0.850.